The van der Waals surface area contributed by atoms with Crippen LogP contribution >= 0.6 is 0 Å². The Bertz CT molecular complexity index is 519. The predicted octanol–water partition coefficient (Wildman–Crippen LogP) is 2.64. The summed E-state index contributed by atoms with van der Waals surface area (Å²) in [6, 6.07) is 6.04. The maximum absolute atomic E-state index is 12.2. The second-order valence-electron chi connectivity index (χ2n) is 5.21. The van der Waals surface area contributed by atoms with Gasteiger partial charge in [-0.1, -0.05) is 25.5 Å². The molecule has 0 amide bonds. The summed E-state index contributed by atoms with van der Waals surface area (Å²) in [5.74, 6) is 0.531. The zero-order chi connectivity index (χ0) is 13.9. The molecule has 0 atom stereocenters. The summed E-state index contributed by atoms with van der Waals surface area (Å²) in [5, 5.41) is 9.64. The van der Waals surface area contributed by atoms with Crippen LogP contribution < -0.4 is 4.72 Å². The molecule has 106 valence electrons. The van der Waals surface area contributed by atoms with Crippen molar-refractivity contribution < 1.29 is 13.5 Å². The van der Waals surface area contributed by atoms with Crippen LogP contribution in [-0.2, 0) is 10.0 Å². The highest BCUT2D eigenvalue weighted by Crippen LogP contribution is 2.28. The summed E-state index contributed by atoms with van der Waals surface area (Å²) in [6.07, 6.45) is 5.07. The Kier molecular flexibility index (Phi) is 4.47. The lowest BCUT2D eigenvalue weighted by atomic mass is 9.85. The Morgan fingerprint density at radius 2 is 1.84 bits per heavy atom. The predicted molar refractivity (Wildman–Crippen MR) is 74.5 cm³/mol. The van der Waals surface area contributed by atoms with Crippen LogP contribution in [0.2, 0.25) is 0 Å². The Labute approximate surface area is 114 Å². The fourth-order valence-corrected chi connectivity index (χ4v) is 4.06. The number of rotatable bonds is 4. The van der Waals surface area contributed by atoms with Crippen molar-refractivity contribution in [1.29, 1.82) is 0 Å². The average Bonchev–Trinajstić information content (AvgIpc) is 2.39. The van der Waals surface area contributed by atoms with Crippen molar-refractivity contribution in [2.24, 2.45) is 5.92 Å². The van der Waals surface area contributed by atoms with E-state index in [2.05, 4.69) is 11.6 Å². The Hall–Kier alpha value is -1.07. The van der Waals surface area contributed by atoms with Gasteiger partial charge < -0.3 is 5.11 Å². The zero-order valence-electron chi connectivity index (χ0n) is 11.2. The molecule has 1 aliphatic rings. The van der Waals surface area contributed by atoms with E-state index in [1.165, 1.54) is 18.6 Å². The van der Waals surface area contributed by atoms with Crippen molar-refractivity contribution in [2.45, 2.75) is 50.0 Å². The summed E-state index contributed by atoms with van der Waals surface area (Å²) in [4.78, 5) is -0.0346. The molecule has 0 aromatic heterocycles. The minimum Gasteiger partial charge on any atom is -0.507 e. The first kappa shape index (κ1) is 14.3. The van der Waals surface area contributed by atoms with Gasteiger partial charge in [0.15, 0.2) is 0 Å². The molecule has 19 heavy (non-hydrogen) atoms. The first-order chi connectivity index (χ1) is 9.03. The van der Waals surface area contributed by atoms with Crippen molar-refractivity contribution >= 4 is 10.0 Å². The molecule has 1 fully saturated rings. The van der Waals surface area contributed by atoms with Crippen molar-refractivity contribution in [3.05, 3.63) is 24.3 Å². The molecule has 0 unspecified atom stereocenters. The van der Waals surface area contributed by atoms with Gasteiger partial charge in [0.2, 0.25) is 10.0 Å². The first-order valence-electron chi connectivity index (χ1n) is 6.83. The maximum Gasteiger partial charge on any atom is 0.244 e. The maximum atomic E-state index is 12.2. The van der Waals surface area contributed by atoms with Crippen molar-refractivity contribution in [2.75, 3.05) is 0 Å². The molecule has 0 radical (unpaired) electrons. The number of nitrogens with one attached hydrogen (secondary N) is 1. The molecule has 0 bridgehead atoms. The quantitative estimate of drug-likeness (QED) is 0.892. The van der Waals surface area contributed by atoms with Gasteiger partial charge in [0.1, 0.15) is 10.6 Å². The molecule has 0 heterocycles. The van der Waals surface area contributed by atoms with Crippen LogP contribution in [0.4, 0.5) is 0 Å². The molecular formula is C14H21NO3S. The number of phenols is 1. The third-order valence-electron chi connectivity index (χ3n) is 3.90. The van der Waals surface area contributed by atoms with Crippen LogP contribution in [0.1, 0.15) is 39.0 Å². The third kappa shape index (κ3) is 3.48. The fourth-order valence-electron chi connectivity index (χ4n) is 2.66. The summed E-state index contributed by atoms with van der Waals surface area (Å²) >= 11 is 0. The molecule has 2 rings (SSSR count). The summed E-state index contributed by atoms with van der Waals surface area (Å²) < 4.78 is 27.1. The van der Waals surface area contributed by atoms with Gasteiger partial charge >= 0.3 is 0 Å². The number of hydrogen-bond donors (Lipinski definition) is 2. The van der Waals surface area contributed by atoms with Gasteiger partial charge in [0, 0.05) is 6.04 Å². The van der Waals surface area contributed by atoms with E-state index in [1.807, 2.05) is 0 Å². The highest BCUT2D eigenvalue weighted by Gasteiger charge is 2.26. The van der Waals surface area contributed by atoms with E-state index >= 15 is 0 Å². The molecule has 0 spiro atoms. The van der Waals surface area contributed by atoms with Crippen LogP contribution in [0.3, 0.4) is 0 Å². The Morgan fingerprint density at radius 3 is 2.42 bits per heavy atom. The van der Waals surface area contributed by atoms with E-state index in [0.717, 1.165) is 31.6 Å². The number of phenolic OH excluding ortho intramolecular Hbond substituents is 1. The number of aromatic hydroxyl groups is 1. The summed E-state index contributed by atoms with van der Waals surface area (Å²) in [6.45, 7) is 2.18. The van der Waals surface area contributed by atoms with E-state index in [0.29, 0.717) is 0 Å². The average molecular weight is 283 g/mol. The first-order valence-corrected chi connectivity index (χ1v) is 8.31. The van der Waals surface area contributed by atoms with Crippen LogP contribution in [-0.4, -0.2) is 19.6 Å². The molecule has 4 nitrogen and oxygen atoms in total. The summed E-state index contributed by atoms with van der Waals surface area (Å²) in [7, 11) is -3.61. The van der Waals surface area contributed by atoms with Crippen molar-refractivity contribution in [3.8, 4) is 5.75 Å². The van der Waals surface area contributed by atoms with Crippen LogP contribution in [0.15, 0.2) is 29.2 Å². The van der Waals surface area contributed by atoms with Gasteiger partial charge in [0.05, 0.1) is 0 Å². The van der Waals surface area contributed by atoms with Gasteiger partial charge in [-0.05, 0) is 43.7 Å². The monoisotopic (exact) mass is 283 g/mol. The minimum absolute atomic E-state index is 0.00703. The standard InChI is InChI=1S/C14H21NO3S/c1-2-11-7-9-12(10-8-11)15-19(17,18)14-6-4-3-5-13(14)16/h3-6,11-12,15-16H,2,7-10H2,1H3. The SMILES string of the molecule is CCC1CCC(NS(=O)(=O)c2ccccc2O)CC1. The molecule has 2 N–H and O–H groups in total. The molecule has 1 aromatic carbocycles. The molecular weight excluding hydrogens is 262 g/mol. The second kappa shape index (κ2) is 5.92. The van der Waals surface area contributed by atoms with Gasteiger partial charge in [-0.2, -0.15) is 0 Å². The van der Waals surface area contributed by atoms with E-state index < -0.39 is 10.0 Å². The normalized spacial score (nSPS) is 24.3. The van der Waals surface area contributed by atoms with E-state index in [9.17, 15) is 13.5 Å². The lowest BCUT2D eigenvalue weighted by Crippen LogP contribution is -2.37. The van der Waals surface area contributed by atoms with Crippen molar-refractivity contribution in [3.63, 3.8) is 0 Å². The molecule has 5 heteroatoms. The van der Waals surface area contributed by atoms with E-state index in [-0.39, 0.29) is 16.7 Å². The number of sulfonamides is 1. The molecule has 1 aromatic rings. The van der Waals surface area contributed by atoms with E-state index in [4.69, 9.17) is 0 Å². The smallest absolute Gasteiger partial charge is 0.244 e. The highest BCUT2D eigenvalue weighted by atomic mass is 32.2. The van der Waals surface area contributed by atoms with Crippen LogP contribution in [0, 0.1) is 5.92 Å². The number of para-hydroxylation sites is 1. The third-order valence-corrected chi connectivity index (χ3v) is 5.47. The largest absolute Gasteiger partial charge is 0.507 e. The number of hydrogen-bond acceptors (Lipinski definition) is 3. The zero-order valence-corrected chi connectivity index (χ0v) is 12.0. The molecule has 0 saturated heterocycles. The van der Waals surface area contributed by atoms with Crippen LogP contribution in [0.5, 0.6) is 5.75 Å². The van der Waals surface area contributed by atoms with Gasteiger partial charge in [0.25, 0.3) is 0 Å². The topological polar surface area (TPSA) is 66.4 Å². The van der Waals surface area contributed by atoms with Gasteiger partial charge in [-0.25, -0.2) is 13.1 Å². The molecule has 1 saturated carbocycles. The lowest BCUT2D eigenvalue weighted by molar-refractivity contribution is 0.306. The fraction of sp³-hybridized carbons (Fsp3) is 0.571. The minimum atomic E-state index is -3.61. The highest BCUT2D eigenvalue weighted by molar-refractivity contribution is 7.89. The van der Waals surface area contributed by atoms with Gasteiger partial charge in [-0.3, -0.25) is 0 Å². The Morgan fingerprint density at radius 1 is 1.21 bits per heavy atom. The second-order valence-corrected chi connectivity index (χ2v) is 6.90. The lowest BCUT2D eigenvalue weighted by Gasteiger charge is -2.28. The van der Waals surface area contributed by atoms with Gasteiger partial charge in [-0.15, -0.1) is 0 Å². The molecule has 0 aliphatic heterocycles. The Balaban J connectivity index is 2.05. The number of benzene rings is 1. The van der Waals surface area contributed by atoms with E-state index in [1.54, 1.807) is 12.1 Å². The van der Waals surface area contributed by atoms with Crippen LogP contribution in [0.25, 0.3) is 0 Å². The summed E-state index contributed by atoms with van der Waals surface area (Å²) in [5.41, 5.74) is 0. The molecule has 1 aliphatic carbocycles. The van der Waals surface area contributed by atoms with Crippen molar-refractivity contribution in [1.82, 2.24) is 4.72 Å².